The van der Waals surface area contributed by atoms with Crippen LogP contribution in [0, 0.1) is 11.3 Å². The number of rotatable bonds is 7. The van der Waals surface area contributed by atoms with Gasteiger partial charge in [-0.15, -0.1) is 6.58 Å². The smallest absolute Gasteiger partial charge is 0.168 e. The van der Waals surface area contributed by atoms with E-state index in [1.54, 1.807) is 14.2 Å². The molecule has 0 aromatic carbocycles. The lowest BCUT2D eigenvalue weighted by atomic mass is 9.68. The fraction of sp³-hybridized carbons (Fsp3) is 0.900. The molecular weight excluding hydrogens is 302 g/mol. The zero-order valence-electron chi connectivity index (χ0n) is 16.5. The Labute approximate surface area is 149 Å². The fourth-order valence-electron chi connectivity index (χ4n) is 3.62. The van der Waals surface area contributed by atoms with E-state index >= 15 is 0 Å². The van der Waals surface area contributed by atoms with Crippen LogP contribution >= 0.6 is 0 Å². The Morgan fingerprint density at radius 3 is 2.46 bits per heavy atom. The van der Waals surface area contributed by atoms with E-state index in [0.29, 0.717) is 5.41 Å². The van der Waals surface area contributed by atoms with Gasteiger partial charge < -0.3 is 19.5 Å². The van der Waals surface area contributed by atoms with E-state index < -0.39 is 0 Å². The zero-order valence-corrected chi connectivity index (χ0v) is 16.5. The largest absolute Gasteiger partial charge is 0.388 e. The van der Waals surface area contributed by atoms with Gasteiger partial charge in [-0.1, -0.05) is 33.3 Å². The molecule has 1 unspecified atom stereocenters. The highest BCUT2D eigenvalue weighted by Gasteiger charge is 2.46. The standard InChI is InChI=1S/C18H33NO2.C2H6O/c1-5-12-19-13-9-16-14-20-18(21-16)10-7-15(8-11-18)17(3,4)6-2;1-3-2/h5,15-16,19H,1,6-14H2,2-4H3;1-2H3. The highest BCUT2D eigenvalue weighted by Crippen LogP contribution is 2.47. The molecule has 1 aliphatic heterocycles. The van der Waals surface area contributed by atoms with Gasteiger partial charge in [0.05, 0.1) is 12.7 Å². The zero-order chi connectivity index (χ0) is 18.1. The molecule has 24 heavy (non-hydrogen) atoms. The highest BCUT2D eigenvalue weighted by molar-refractivity contribution is 4.89. The van der Waals surface area contributed by atoms with Gasteiger partial charge in [0.25, 0.3) is 0 Å². The monoisotopic (exact) mass is 341 g/mol. The van der Waals surface area contributed by atoms with E-state index in [1.165, 1.54) is 19.3 Å². The van der Waals surface area contributed by atoms with Crippen LogP contribution < -0.4 is 5.32 Å². The molecule has 1 atom stereocenters. The summed E-state index contributed by atoms with van der Waals surface area (Å²) in [6.07, 6.45) is 9.05. The predicted molar refractivity (Wildman–Crippen MR) is 100 cm³/mol. The molecule has 1 saturated heterocycles. The summed E-state index contributed by atoms with van der Waals surface area (Å²) in [6.45, 7) is 13.4. The number of nitrogens with one attached hydrogen (secondary N) is 1. The maximum Gasteiger partial charge on any atom is 0.168 e. The molecule has 142 valence electrons. The number of hydrogen-bond donors (Lipinski definition) is 1. The third-order valence-corrected chi connectivity index (χ3v) is 5.61. The Hall–Kier alpha value is -0.420. The maximum absolute atomic E-state index is 6.28. The number of methoxy groups -OCH3 is 1. The van der Waals surface area contributed by atoms with Crippen molar-refractivity contribution in [2.45, 2.75) is 71.2 Å². The van der Waals surface area contributed by atoms with Crippen molar-refractivity contribution < 1.29 is 14.2 Å². The topological polar surface area (TPSA) is 39.7 Å². The molecular formula is C20H39NO3. The minimum absolute atomic E-state index is 0.260. The van der Waals surface area contributed by atoms with Crippen molar-refractivity contribution in [1.82, 2.24) is 5.32 Å². The maximum atomic E-state index is 6.28. The highest BCUT2D eigenvalue weighted by atomic mass is 16.7. The van der Waals surface area contributed by atoms with Crippen molar-refractivity contribution >= 4 is 0 Å². The van der Waals surface area contributed by atoms with E-state index in [2.05, 4.69) is 37.4 Å². The number of ether oxygens (including phenoxy) is 3. The van der Waals surface area contributed by atoms with Crippen LogP contribution in [0.1, 0.15) is 59.3 Å². The Morgan fingerprint density at radius 1 is 1.29 bits per heavy atom. The first-order chi connectivity index (χ1) is 11.4. The summed E-state index contributed by atoms with van der Waals surface area (Å²) in [5.41, 5.74) is 0.453. The van der Waals surface area contributed by atoms with Gasteiger partial charge in [-0.25, -0.2) is 0 Å². The van der Waals surface area contributed by atoms with Crippen LogP contribution in [0.2, 0.25) is 0 Å². The van der Waals surface area contributed by atoms with Crippen LogP contribution in [0.3, 0.4) is 0 Å². The molecule has 2 fully saturated rings. The average Bonchev–Trinajstić information content (AvgIpc) is 2.95. The van der Waals surface area contributed by atoms with Crippen molar-refractivity contribution in [1.29, 1.82) is 0 Å². The summed E-state index contributed by atoms with van der Waals surface area (Å²) >= 11 is 0. The summed E-state index contributed by atoms with van der Waals surface area (Å²) in [7, 11) is 3.25. The average molecular weight is 342 g/mol. The van der Waals surface area contributed by atoms with Crippen LogP contribution in [0.4, 0.5) is 0 Å². The molecule has 1 spiro atoms. The molecule has 4 heteroatoms. The molecule has 0 aromatic heterocycles. The van der Waals surface area contributed by atoms with Crippen molar-refractivity contribution in [2.75, 3.05) is 33.9 Å². The van der Waals surface area contributed by atoms with Crippen molar-refractivity contribution in [3.63, 3.8) is 0 Å². The van der Waals surface area contributed by atoms with Gasteiger partial charge in [0.2, 0.25) is 0 Å². The Morgan fingerprint density at radius 2 is 1.92 bits per heavy atom. The van der Waals surface area contributed by atoms with E-state index in [9.17, 15) is 0 Å². The van der Waals surface area contributed by atoms with E-state index in [-0.39, 0.29) is 11.9 Å². The van der Waals surface area contributed by atoms with Crippen molar-refractivity contribution in [2.24, 2.45) is 11.3 Å². The minimum atomic E-state index is -0.260. The summed E-state index contributed by atoms with van der Waals surface area (Å²) in [5, 5.41) is 3.33. The van der Waals surface area contributed by atoms with Gasteiger partial charge in [-0.2, -0.15) is 0 Å². The first kappa shape index (κ1) is 21.6. The summed E-state index contributed by atoms with van der Waals surface area (Å²) in [4.78, 5) is 0. The Kier molecular flexibility index (Phi) is 9.50. The normalized spacial score (nSPS) is 30.0. The van der Waals surface area contributed by atoms with Crippen LogP contribution in [0.15, 0.2) is 12.7 Å². The second kappa shape index (κ2) is 10.5. The third-order valence-electron chi connectivity index (χ3n) is 5.61. The van der Waals surface area contributed by atoms with Crippen LogP contribution in [0.5, 0.6) is 0 Å². The van der Waals surface area contributed by atoms with Crippen LogP contribution in [-0.4, -0.2) is 45.8 Å². The van der Waals surface area contributed by atoms with E-state index in [0.717, 1.165) is 44.9 Å². The quantitative estimate of drug-likeness (QED) is 0.558. The van der Waals surface area contributed by atoms with E-state index in [4.69, 9.17) is 9.47 Å². The Balaban J connectivity index is 0.000000891. The van der Waals surface area contributed by atoms with Crippen LogP contribution in [-0.2, 0) is 14.2 Å². The molecule has 1 aliphatic carbocycles. The molecule has 2 rings (SSSR count). The van der Waals surface area contributed by atoms with Gasteiger partial charge in [-0.3, -0.25) is 0 Å². The molecule has 0 radical (unpaired) electrons. The first-order valence-corrected chi connectivity index (χ1v) is 9.46. The second-order valence-electron chi connectivity index (χ2n) is 7.77. The lowest BCUT2D eigenvalue weighted by Crippen LogP contribution is -2.39. The molecule has 0 aromatic rings. The molecule has 2 aliphatic rings. The molecule has 0 bridgehead atoms. The van der Waals surface area contributed by atoms with Gasteiger partial charge in [-0.05, 0) is 37.1 Å². The van der Waals surface area contributed by atoms with E-state index in [1.807, 2.05) is 6.08 Å². The van der Waals surface area contributed by atoms with Gasteiger partial charge in [0.1, 0.15) is 0 Å². The summed E-state index contributed by atoms with van der Waals surface area (Å²) in [6, 6.07) is 0. The fourth-order valence-corrected chi connectivity index (χ4v) is 3.62. The lowest BCUT2D eigenvalue weighted by molar-refractivity contribution is -0.197. The Bertz CT molecular complexity index is 349. The van der Waals surface area contributed by atoms with Crippen molar-refractivity contribution in [3.8, 4) is 0 Å². The summed E-state index contributed by atoms with van der Waals surface area (Å²) in [5.74, 6) is 0.553. The minimum Gasteiger partial charge on any atom is -0.388 e. The second-order valence-corrected chi connectivity index (χ2v) is 7.77. The molecule has 0 amide bonds. The predicted octanol–water partition coefficient (Wildman–Crippen LogP) is 4.15. The lowest BCUT2D eigenvalue weighted by Gasteiger charge is -2.42. The first-order valence-electron chi connectivity index (χ1n) is 9.46. The number of hydrogen-bond acceptors (Lipinski definition) is 4. The third kappa shape index (κ3) is 6.47. The van der Waals surface area contributed by atoms with Crippen molar-refractivity contribution in [3.05, 3.63) is 12.7 Å². The molecule has 4 nitrogen and oxygen atoms in total. The van der Waals surface area contributed by atoms with Gasteiger partial charge in [0.15, 0.2) is 5.79 Å². The molecule has 1 N–H and O–H groups in total. The van der Waals surface area contributed by atoms with Gasteiger partial charge >= 0.3 is 0 Å². The SMILES string of the molecule is C=CCNCCC1COC2(CCC(C(C)(C)CC)CC2)O1.COC. The molecule has 1 saturated carbocycles. The van der Waals surface area contributed by atoms with Gasteiger partial charge in [0, 0.05) is 33.6 Å². The molecule has 1 heterocycles. The summed E-state index contributed by atoms with van der Waals surface area (Å²) < 4.78 is 16.6. The van der Waals surface area contributed by atoms with Crippen LogP contribution in [0.25, 0.3) is 0 Å².